The third kappa shape index (κ3) is 5.42. The van der Waals surface area contributed by atoms with Gasteiger partial charge in [0.15, 0.2) is 11.5 Å². The summed E-state index contributed by atoms with van der Waals surface area (Å²) in [5, 5.41) is 2.83. The molecule has 0 spiro atoms. The molecule has 2 aromatic carbocycles. The standard InChI is InChI=1S/C27H29N5O5/c1-27(2,3)37-26(34)32-14-19-12-17(32)15-35-22-10-5-4-9-20(22)31-25(33)23-24(28)29-13-21(30-23)16-7-6-8-18(11-16)36-19/h4-11,13,17,19H,12,14-15H2,1-3H3,(H2,28,29)(H,31,33). The van der Waals surface area contributed by atoms with Gasteiger partial charge in [-0.3, -0.25) is 9.69 Å². The van der Waals surface area contributed by atoms with Crippen molar-refractivity contribution in [2.24, 2.45) is 0 Å². The van der Waals surface area contributed by atoms with Crippen LogP contribution < -0.4 is 20.5 Å². The van der Waals surface area contributed by atoms with Crippen LogP contribution in [0.25, 0.3) is 11.3 Å². The van der Waals surface area contributed by atoms with E-state index in [2.05, 4.69) is 15.3 Å². The number of carbonyl (C=O) groups excluding carboxylic acids is 2. The molecule has 10 nitrogen and oxygen atoms in total. The van der Waals surface area contributed by atoms with Gasteiger partial charge in [-0.1, -0.05) is 24.3 Å². The number of aromatic nitrogens is 2. The molecule has 3 N–H and O–H groups in total. The number of nitrogens with zero attached hydrogens (tertiary/aromatic N) is 3. The molecule has 2 aliphatic heterocycles. The third-order valence-corrected chi connectivity index (χ3v) is 6.02. The van der Waals surface area contributed by atoms with Crippen LogP contribution in [0.3, 0.4) is 0 Å². The Kier molecular flexibility index (Phi) is 6.32. The van der Waals surface area contributed by atoms with E-state index < -0.39 is 17.6 Å². The second-order valence-electron chi connectivity index (χ2n) is 10.0. The van der Waals surface area contributed by atoms with Gasteiger partial charge in [-0.05, 0) is 45.0 Å². The molecule has 6 bridgehead atoms. The first-order chi connectivity index (χ1) is 17.7. The maximum atomic E-state index is 13.1. The fourth-order valence-electron chi connectivity index (χ4n) is 4.35. The highest BCUT2D eigenvalue weighted by atomic mass is 16.6. The Morgan fingerprint density at radius 1 is 1.19 bits per heavy atom. The molecule has 37 heavy (non-hydrogen) atoms. The molecule has 3 heterocycles. The monoisotopic (exact) mass is 503 g/mol. The van der Waals surface area contributed by atoms with Gasteiger partial charge in [-0.25, -0.2) is 14.8 Å². The van der Waals surface area contributed by atoms with Crippen LogP contribution in [0, 0.1) is 0 Å². The Bertz CT molecular complexity index is 1340. The van der Waals surface area contributed by atoms with E-state index in [1.165, 1.54) is 6.20 Å². The summed E-state index contributed by atoms with van der Waals surface area (Å²) in [5.41, 5.74) is 7.00. The lowest BCUT2D eigenvalue weighted by Gasteiger charge is -2.28. The van der Waals surface area contributed by atoms with E-state index in [9.17, 15) is 9.59 Å². The number of nitrogens with two attached hydrogens (primary N) is 1. The van der Waals surface area contributed by atoms with Gasteiger partial charge in [-0.15, -0.1) is 0 Å². The molecule has 192 valence electrons. The molecule has 0 aliphatic carbocycles. The smallest absolute Gasteiger partial charge is 0.410 e. The van der Waals surface area contributed by atoms with E-state index in [-0.39, 0.29) is 30.3 Å². The zero-order chi connectivity index (χ0) is 26.2. The lowest BCUT2D eigenvalue weighted by atomic mass is 10.1. The van der Waals surface area contributed by atoms with E-state index in [0.717, 1.165) is 0 Å². The number of fused-ring (bicyclic) bond motifs is 8. The minimum atomic E-state index is -0.640. The quantitative estimate of drug-likeness (QED) is 0.469. The molecule has 3 aromatic rings. The first-order valence-corrected chi connectivity index (χ1v) is 12.1. The van der Waals surface area contributed by atoms with E-state index in [1.807, 2.05) is 45.0 Å². The molecular weight excluding hydrogens is 474 g/mol. The predicted molar refractivity (Wildman–Crippen MR) is 138 cm³/mol. The minimum Gasteiger partial charge on any atom is -0.489 e. The Balaban J connectivity index is 1.54. The number of amides is 2. The maximum absolute atomic E-state index is 13.1. The molecule has 0 radical (unpaired) electrons. The van der Waals surface area contributed by atoms with Crippen LogP contribution in [0.4, 0.5) is 16.3 Å². The zero-order valence-corrected chi connectivity index (χ0v) is 20.9. The van der Waals surface area contributed by atoms with Crippen LogP contribution in [0.15, 0.2) is 54.7 Å². The number of carbonyl (C=O) groups is 2. The SMILES string of the molecule is CC(C)(C)OC(=O)N1CC2CC1COc1ccccc1NC(=O)c1nc(cnc1N)-c1cccc(c1)O2. The number of para-hydroxylation sites is 2. The molecule has 0 saturated carbocycles. The van der Waals surface area contributed by atoms with Crippen LogP contribution in [0.5, 0.6) is 11.5 Å². The third-order valence-electron chi connectivity index (χ3n) is 6.02. The first kappa shape index (κ1) is 24.4. The Labute approximate surface area is 214 Å². The van der Waals surface area contributed by atoms with Gasteiger partial charge in [0, 0.05) is 12.0 Å². The molecule has 5 rings (SSSR count). The van der Waals surface area contributed by atoms with Crippen LogP contribution in [-0.4, -0.2) is 57.8 Å². The highest BCUT2D eigenvalue weighted by Crippen LogP contribution is 2.31. The summed E-state index contributed by atoms with van der Waals surface area (Å²) in [6, 6.07) is 14.1. The van der Waals surface area contributed by atoms with Gasteiger partial charge in [0.2, 0.25) is 0 Å². The Hall–Kier alpha value is -4.34. The number of ether oxygens (including phenoxy) is 3. The lowest BCUT2D eigenvalue weighted by Crippen LogP contribution is -2.42. The first-order valence-electron chi connectivity index (χ1n) is 12.1. The van der Waals surface area contributed by atoms with E-state index in [0.29, 0.717) is 41.4 Å². The van der Waals surface area contributed by atoms with Crippen molar-refractivity contribution in [2.45, 2.75) is 44.9 Å². The van der Waals surface area contributed by atoms with Crippen molar-refractivity contribution >= 4 is 23.5 Å². The number of hydrogen-bond acceptors (Lipinski definition) is 8. The van der Waals surface area contributed by atoms with Crippen molar-refractivity contribution in [1.29, 1.82) is 0 Å². The molecule has 2 atom stereocenters. The highest BCUT2D eigenvalue weighted by Gasteiger charge is 2.39. The number of benzene rings is 2. The number of hydrogen-bond donors (Lipinski definition) is 2. The van der Waals surface area contributed by atoms with Gasteiger partial charge >= 0.3 is 6.09 Å². The molecule has 1 aromatic heterocycles. The number of rotatable bonds is 0. The van der Waals surface area contributed by atoms with E-state index >= 15 is 0 Å². The van der Waals surface area contributed by atoms with Crippen molar-refractivity contribution in [3.63, 3.8) is 0 Å². The fourth-order valence-corrected chi connectivity index (χ4v) is 4.35. The van der Waals surface area contributed by atoms with E-state index in [1.54, 1.807) is 29.2 Å². The van der Waals surface area contributed by atoms with Crippen molar-refractivity contribution in [2.75, 3.05) is 24.2 Å². The van der Waals surface area contributed by atoms with Crippen LogP contribution in [0.1, 0.15) is 37.7 Å². The molecule has 2 unspecified atom stereocenters. The van der Waals surface area contributed by atoms with Crippen LogP contribution in [0.2, 0.25) is 0 Å². The van der Waals surface area contributed by atoms with Gasteiger partial charge in [0.25, 0.3) is 5.91 Å². The summed E-state index contributed by atoms with van der Waals surface area (Å²) < 4.78 is 18.1. The summed E-state index contributed by atoms with van der Waals surface area (Å²) in [6.07, 6.45) is 1.36. The number of nitrogens with one attached hydrogen (secondary N) is 1. The van der Waals surface area contributed by atoms with Crippen LogP contribution >= 0.6 is 0 Å². The fraction of sp³-hybridized carbons (Fsp3) is 0.333. The second-order valence-corrected chi connectivity index (χ2v) is 10.0. The normalized spacial score (nSPS) is 19.2. The summed E-state index contributed by atoms with van der Waals surface area (Å²) in [6.45, 7) is 6.02. The van der Waals surface area contributed by atoms with Crippen molar-refractivity contribution in [1.82, 2.24) is 14.9 Å². The summed E-state index contributed by atoms with van der Waals surface area (Å²) in [7, 11) is 0. The molecule has 2 amide bonds. The van der Waals surface area contributed by atoms with Crippen molar-refractivity contribution in [3.8, 4) is 22.8 Å². The molecule has 1 fully saturated rings. The minimum absolute atomic E-state index is 0.00175. The van der Waals surface area contributed by atoms with Gasteiger partial charge in [0.05, 0.1) is 30.2 Å². The number of nitrogen functional groups attached to an aromatic ring is 1. The van der Waals surface area contributed by atoms with E-state index in [4.69, 9.17) is 19.9 Å². The van der Waals surface area contributed by atoms with Gasteiger partial charge < -0.3 is 25.3 Å². The summed E-state index contributed by atoms with van der Waals surface area (Å²) in [5.74, 6) is 0.553. The molecular formula is C27H29N5O5. The highest BCUT2D eigenvalue weighted by molar-refractivity contribution is 6.06. The van der Waals surface area contributed by atoms with Crippen LogP contribution in [-0.2, 0) is 4.74 Å². The zero-order valence-electron chi connectivity index (χ0n) is 20.9. The topological polar surface area (TPSA) is 129 Å². The maximum Gasteiger partial charge on any atom is 0.410 e. The average Bonchev–Trinajstić information content (AvgIpc) is 3.25. The summed E-state index contributed by atoms with van der Waals surface area (Å²) >= 11 is 0. The largest absolute Gasteiger partial charge is 0.489 e. The Morgan fingerprint density at radius 2 is 2.00 bits per heavy atom. The second kappa shape index (κ2) is 9.61. The van der Waals surface area contributed by atoms with Gasteiger partial charge in [-0.2, -0.15) is 0 Å². The van der Waals surface area contributed by atoms with Crippen molar-refractivity contribution in [3.05, 3.63) is 60.4 Å². The molecule has 1 saturated heterocycles. The number of likely N-dealkylation sites (tertiary alicyclic amines) is 1. The average molecular weight is 504 g/mol. The molecule has 10 heteroatoms. The summed E-state index contributed by atoms with van der Waals surface area (Å²) in [4.78, 5) is 36.5. The van der Waals surface area contributed by atoms with Gasteiger partial charge in [0.1, 0.15) is 29.8 Å². The Morgan fingerprint density at radius 3 is 2.81 bits per heavy atom. The number of anilines is 2. The molecule has 2 aliphatic rings. The lowest BCUT2D eigenvalue weighted by molar-refractivity contribution is 0.0176. The van der Waals surface area contributed by atoms with Crippen molar-refractivity contribution < 1.29 is 23.8 Å². The predicted octanol–water partition coefficient (Wildman–Crippen LogP) is 4.13.